The molecule has 0 fully saturated rings. The van der Waals surface area contributed by atoms with Gasteiger partial charge in [0.15, 0.2) is 5.78 Å². The van der Waals surface area contributed by atoms with Crippen molar-refractivity contribution < 1.29 is 4.79 Å². The number of aliphatic imine (C=N–C) groups is 1. The van der Waals surface area contributed by atoms with Crippen LogP contribution in [0.2, 0.25) is 0 Å². The third kappa shape index (κ3) is 1.18. The van der Waals surface area contributed by atoms with Crippen LogP contribution in [-0.4, -0.2) is 17.5 Å². The van der Waals surface area contributed by atoms with E-state index in [-0.39, 0.29) is 5.78 Å². The topological polar surface area (TPSA) is 29.4 Å². The molecule has 2 nitrogen and oxygen atoms in total. The predicted molar refractivity (Wildman–Crippen MR) is 51.4 cm³/mol. The highest BCUT2D eigenvalue weighted by Crippen LogP contribution is 2.23. The number of hydrogen-bond donors (Lipinski definition) is 0. The highest BCUT2D eigenvalue weighted by Gasteiger charge is 2.31. The van der Waals surface area contributed by atoms with Gasteiger partial charge in [0.2, 0.25) is 0 Å². The molecule has 0 bridgehead atoms. The number of nitrogens with zero attached hydrogens (tertiary/aromatic N) is 1. The van der Waals surface area contributed by atoms with Crippen LogP contribution in [0.1, 0.15) is 29.8 Å². The number of carbonyl (C=O) groups excluding carboxylic acids is 1. The summed E-state index contributed by atoms with van der Waals surface area (Å²) in [5.41, 5.74) is 0.878. The van der Waals surface area contributed by atoms with E-state index in [0.29, 0.717) is 0 Å². The van der Waals surface area contributed by atoms with Gasteiger partial charge in [-0.2, -0.15) is 0 Å². The zero-order valence-electron chi connectivity index (χ0n) is 7.66. The Morgan fingerprint density at radius 2 is 2.00 bits per heavy atom. The van der Waals surface area contributed by atoms with Gasteiger partial charge in [-0.25, -0.2) is 0 Å². The van der Waals surface area contributed by atoms with E-state index < -0.39 is 5.54 Å². The van der Waals surface area contributed by atoms with Gasteiger partial charge in [-0.15, -0.1) is 0 Å². The monoisotopic (exact) mass is 172 g/mol. The fourth-order valence-corrected chi connectivity index (χ4v) is 1.36. The summed E-state index contributed by atoms with van der Waals surface area (Å²) in [6.07, 6.45) is 2.89. The molecule has 0 saturated carbocycles. The molecule has 0 saturated heterocycles. The fourth-order valence-electron chi connectivity index (χ4n) is 1.36. The molecule has 0 N–H and O–H groups in total. The third-order valence-corrected chi connectivity index (χ3v) is 2.18. The Morgan fingerprint density at radius 3 is 2.77 bits per heavy atom. The molecule has 1 radical (unpaired) electrons. The van der Waals surface area contributed by atoms with Crippen molar-refractivity contribution in [2.45, 2.75) is 19.4 Å². The van der Waals surface area contributed by atoms with Crippen molar-refractivity contribution in [2.24, 2.45) is 4.99 Å². The molecule has 0 amide bonds. The standard InChI is InChI=1S/C11H10NO/c1-11(2)10(13)9-6-4-3-5-8(9)7-12-11/h3-6H,1-2H3. The summed E-state index contributed by atoms with van der Waals surface area (Å²) in [6, 6.07) is 7.42. The lowest BCUT2D eigenvalue weighted by atomic mass is 9.88. The summed E-state index contributed by atoms with van der Waals surface area (Å²) in [6.45, 7) is 3.61. The van der Waals surface area contributed by atoms with Crippen LogP contribution in [0.15, 0.2) is 29.3 Å². The summed E-state index contributed by atoms with van der Waals surface area (Å²) < 4.78 is 0. The Hall–Kier alpha value is -1.44. The Kier molecular flexibility index (Phi) is 1.59. The lowest BCUT2D eigenvalue weighted by Crippen LogP contribution is -2.33. The zero-order chi connectivity index (χ0) is 9.47. The quantitative estimate of drug-likeness (QED) is 0.588. The molecule has 0 unspecified atom stereocenters. The summed E-state index contributed by atoms with van der Waals surface area (Å²) in [5.74, 6) is 0.0712. The first-order valence-corrected chi connectivity index (χ1v) is 4.23. The molecule has 1 aliphatic rings. The van der Waals surface area contributed by atoms with Gasteiger partial charge in [0, 0.05) is 11.1 Å². The van der Waals surface area contributed by atoms with Crippen LogP contribution in [0.25, 0.3) is 0 Å². The van der Waals surface area contributed by atoms with Crippen LogP contribution in [0.4, 0.5) is 0 Å². The number of Topliss-reactive ketones (excluding diaryl/α,β-unsaturated/α-hetero) is 1. The van der Waals surface area contributed by atoms with Gasteiger partial charge < -0.3 is 0 Å². The summed E-state index contributed by atoms with van der Waals surface area (Å²) >= 11 is 0. The summed E-state index contributed by atoms with van der Waals surface area (Å²) in [7, 11) is 0. The minimum atomic E-state index is -0.644. The Labute approximate surface area is 77.3 Å². The average Bonchev–Trinajstić information content (AvgIpc) is 2.13. The van der Waals surface area contributed by atoms with Crippen molar-refractivity contribution in [1.82, 2.24) is 0 Å². The van der Waals surface area contributed by atoms with Crippen LogP contribution in [0, 0.1) is 0 Å². The Morgan fingerprint density at radius 1 is 1.31 bits per heavy atom. The normalized spacial score (nSPS) is 18.5. The number of fused-ring (bicyclic) bond motifs is 1. The van der Waals surface area contributed by atoms with E-state index >= 15 is 0 Å². The predicted octanol–water partition coefficient (Wildman–Crippen LogP) is 1.96. The Balaban J connectivity index is 2.62. The molecule has 1 aliphatic heterocycles. The van der Waals surface area contributed by atoms with Crippen molar-refractivity contribution in [3.63, 3.8) is 0 Å². The van der Waals surface area contributed by atoms with Crippen molar-refractivity contribution in [3.05, 3.63) is 35.4 Å². The van der Waals surface area contributed by atoms with E-state index in [1.165, 1.54) is 0 Å². The first-order chi connectivity index (χ1) is 6.11. The lowest BCUT2D eigenvalue weighted by molar-refractivity contribution is 0.0913. The minimum absolute atomic E-state index is 0.0712. The second-order valence-corrected chi connectivity index (χ2v) is 3.66. The molecule has 2 rings (SSSR count). The Bertz CT molecular complexity index is 391. The van der Waals surface area contributed by atoms with Gasteiger partial charge >= 0.3 is 0 Å². The summed E-state index contributed by atoms with van der Waals surface area (Å²) in [4.78, 5) is 15.9. The third-order valence-electron chi connectivity index (χ3n) is 2.18. The number of benzene rings is 1. The zero-order valence-corrected chi connectivity index (χ0v) is 7.66. The first-order valence-electron chi connectivity index (χ1n) is 4.23. The SMILES string of the molecule is CC1(C)N=[C]c2ccccc2C1=O. The van der Waals surface area contributed by atoms with Crippen LogP contribution < -0.4 is 0 Å². The maximum atomic E-state index is 11.8. The average molecular weight is 172 g/mol. The number of ketones is 1. The van der Waals surface area contributed by atoms with E-state index in [1.54, 1.807) is 13.8 Å². The van der Waals surface area contributed by atoms with Gasteiger partial charge in [0.25, 0.3) is 0 Å². The molecular formula is C11H10NO. The van der Waals surface area contributed by atoms with Crippen molar-refractivity contribution in [3.8, 4) is 0 Å². The second kappa shape index (κ2) is 2.52. The maximum absolute atomic E-state index is 11.8. The molecule has 13 heavy (non-hydrogen) atoms. The van der Waals surface area contributed by atoms with E-state index in [0.717, 1.165) is 11.1 Å². The number of hydrogen-bond acceptors (Lipinski definition) is 2. The molecular weight excluding hydrogens is 162 g/mol. The van der Waals surface area contributed by atoms with Gasteiger partial charge in [0.05, 0.1) is 6.21 Å². The van der Waals surface area contributed by atoms with E-state index in [9.17, 15) is 4.79 Å². The van der Waals surface area contributed by atoms with Crippen LogP contribution >= 0.6 is 0 Å². The largest absolute Gasteiger partial charge is 0.291 e. The van der Waals surface area contributed by atoms with E-state index in [4.69, 9.17) is 0 Å². The van der Waals surface area contributed by atoms with Crippen molar-refractivity contribution in [2.75, 3.05) is 0 Å². The van der Waals surface area contributed by atoms with E-state index in [1.807, 2.05) is 24.3 Å². The molecule has 0 aromatic heterocycles. The number of carbonyl (C=O) groups is 1. The van der Waals surface area contributed by atoms with Crippen LogP contribution in [0.5, 0.6) is 0 Å². The molecule has 0 aliphatic carbocycles. The highest BCUT2D eigenvalue weighted by atomic mass is 16.1. The molecule has 1 heterocycles. The van der Waals surface area contributed by atoms with Crippen LogP contribution in [0.3, 0.4) is 0 Å². The summed E-state index contributed by atoms with van der Waals surface area (Å²) in [5, 5.41) is 0. The van der Waals surface area contributed by atoms with Crippen LogP contribution in [-0.2, 0) is 0 Å². The van der Waals surface area contributed by atoms with Crippen molar-refractivity contribution >= 4 is 12.0 Å². The second-order valence-electron chi connectivity index (χ2n) is 3.66. The van der Waals surface area contributed by atoms with Gasteiger partial charge in [-0.05, 0) is 13.8 Å². The fraction of sp³-hybridized carbons (Fsp3) is 0.273. The molecule has 2 heteroatoms. The molecule has 1 aromatic carbocycles. The highest BCUT2D eigenvalue weighted by molar-refractivity contribution is 6.11. The lowest BCUT2D eigenvalue weighted by Gasteiger charge is -2.22. The van der Waals surface area contributed by atoms with Gasteiger partial charge in [-0.1, -0.05) is 24.3 Å². The van der Waals surface area contributed by atoms with E-state index in [2.05, 4.69) is 11.2 Å². The molecule has 1 aromatic rings. The minimum Gasteiger partial charge on any atom is -0.291 e. The molecule has 65 valence electrons. The van der Waals surface area contributed by atoms with Crippen molar-refractivity contribution in [1.29, 1.82) is 0 Å². The number of rotatable bonds is 0. The molecule has 0 atom stereocenters. The molecule has 0 spiro atoms. The maximum Gasteiger partial charge on any atom is 0.190 e. The smallest absolute Gasteiger partial charge is 0.190 e. The van der Waals surface area contributed by atoms with Gasteiger partial charge in [0.1, 0.15) is 5.54 Å². The first kappa shape index (κ1) is 8.17. The van der Waals surface area contributed by atoms with Gasteiger partial charge in [-0.3, -0.25) is 9.79 Å².